The Labute approximate surface area is 89.8 Å². The fraction of sp³-hybridized carbons (Fsp3) is 0.818. The van der Waals surface area contributed by atoms with Crippen LogP contribution in [0.25, 0.3) is 0 Å². The minimum atomic E-state index is -1.31. The third kappa shape index (κ3) is 2.29. The standard InChI is InChI=1S/C11H17NO3/c1-8-4-3-5-11(6-8,7-12)9(13)10(14)15-2/h8-9,13H,3-6H2,1-2H3. The van der Waals surface area contributed by atoms with Crippen molar-refractivity contribution in [3.8, 4) is 6.07 Å². The van der Waals surface area contributed by atoms with Crippen molar-refractivity contribution in [3.63, 3.8) is 0 Å². The zero-order valence-electron chi connectivity index (χ0n) is 9.19. The summed E-state index contributed by atoms with van der Waals surface area (Å²) in [7, 11) is 1.23. The first kappa shape index (κ1) is 12.0. The molecular formula is C11H17NO3. The number of rotatable bonds is 2. The van der Waals surface area contributed by atoms with Gasteiger partial charge in [-0.15, -0.1) is 0 Å². The first-order valence-electron chi connectivity index (χ1n) is 5.23. The third-order valence-electron chi connectivity index (χ3n) is 3.20. The lowest BCUT2D eigenvalue weighted by atomic mass is 9.68. The molecule has 4 nitrogen and oxygen atoms in total. The minimum absolute atomic E-state index is 0.373. The fourth-order valence-corrected chi connectivity index (χ4v) is 2.34. The summed E-state index contributed by atoms with van der Waals surface area (Å²) in [5.41, 5.74) is -0.940. The number of aliphatic hydroxyl groups is 1. The molecule has 0 bridgehead atoms. The second kappa shape index (κ2) is 4.63. The summed E-state index contributed by atoms with van der Waals surface area (Å²) in [6, 6.07) is 2.11. The maximum atomic E-state index is 11.3. The summed E-state index contributed by atoms with van der Waals surface area (Å²) in [6.45, 7) is 2.04. The number of esters is 1. The SMILES string of the molecule is COC(=O)C(O)C1(C#N)CCCC(C)C1. The number of nitriles is 1. The van der Waals surface area contributed by atoms with Crippen LogP contribution in [0.15, 0.2) is 0 Å². The Morgan fingerprint density at radius 3 is 2.87 bits per heavy atom. The van der Waals surface area contributed by atoms with E-state index in [1.54, 1.807) is 0 Å². The van der Waals surface area contributed by atoms with E-state index in [1.807, 2.05) is 6.92 Å². The summed E-state index contributed by atoms with van der Waals surface area (Å²) in [5, 5.41) is 19.0. The van der Waals surface area contributed by atoms with Crippen molar-refractivity contribution >= 4 is 5.97 Å². The molecule has 1 fully saturated rings. The van der Waals surface area contributed by atoms with E-state index in [4.69, 9.17) is 5.26 Å². The van der Waals surface area contributed by atoms with E-state index < -0.39 is 17.5 Å². The van der Waals surface area contributed by atoms with Crippen molar-refractivity contribution in [3.05, 3.63) is 0 Å². The minimum Gasteiger partial charge on any atom is -0.467 e. The summed E-state index contributed by atoms with van der Waals surface area (Å²) >= 11 is 0. The molecule has 15 heavy (non-hydrogen) atoms. The van der Waals surface area contributed by atoms with E-state index in [2.05, 4.69) is 10.8 Å². The molecule has 0 aromatic rings. The molecule has 0 heterocycles. The predicted octanol–water partition coefficient (Wildman–Crippen LogP) is 1.24. The maximum absolute atomic E-state index is 11.3. The maximum Gasteiger partial charge on any atom is 0.336 e. The number of ether oxygens (including phenoxy) is 1. The van der Waals surface area contributed by atoms with E-state index in [0.29, 0.717) is 18.8 Å². The van der Waals surface area contributed by atoms with Crippen LogP contribution in [0.3, 0.4) is 0 Å². The highest BCUT2D eigenvalue weighted by molar-refractivity contribution is 5.76. The van der Waals surface area contributed by atoms with Gasteiger partial charge in [0.2, 0.25) is 0 Å². The van der Waals surface area contributed by atoms with Crippen LogP contribution < -0.4 is 0 Å². The lowest BCUT2D eigenvalue weighted by Crippen LogP contribution is -2.43. The van der Waals surface area contributed by atoms with Crippen LogP contribution in [0.5, 0.6) is 0 Å². The van der Waals surface area contributed by atoms with Gasteiger partial charge in [-0.2, -0.15) is 5.26 Å². The lowest BCUT2D eigenvalue weighted by Gasteiger charge is -2.36. The molecule has 4 heteroatoms. The van der Waals surface area contributed by atoms with E-state index in [1.165, 1.54) is 7.11 Å². The second-order valence-corrected chi connectivity index (χ2v) is 4.40. The Bertz CT molecular complexity index is 284. The molecule has 0 aromatic carbocycles. The van der Waals surface area contributed by atoms with Gasteiger partial charge in [0.1, 0.15) is 0 Å². The van der Waals surface area contributed by atoms with E-state index in [-0.39, 0.29) is 0 Å². The van der Waals surface area contributed by atoms with Gasteiger partial charge < -0.3 is 9.84 Å². The molecule has 1 N–H and O–H groups in total. The number of carbonyl (C=O) groups excluding carboxylic acids is 1. The van der Waals surface area contributed by atoms with Gasteiger partial charge in [-0.1, -0.05) is 19.8 Å². The Hall–Kier alpha value is -1.08. The third-order valence-corrected chi connectivity index (χ3v) is 3.20. The van der Waals surface area contributed by atoms with Crippen LogP contribution >= 0.6 is 0 Å². The number of aliphatic hydroxyl groups excluding tert-OH is 1. The molecular weight excluding hydrogens is 194 g/mol. The van der Waals surface area contributed by atoms with Gasteiger partial charge >= 0.3 is 5.97 Å². The Morgan fingerprint density at radius 1 is 1.73 bits per heavy atom. The van der Waals surface area contributed by atoms with E-state index in [0.717, 1.165) is 12.8 Å². The van der Waals surface area contributed by atoms with Gasteiger partial charge in [-0.3, -0.25) is 0 Å². The zero-order chi connectivity index (χ0) is 11.5. The Balaban J connectivity index is 2.84. The summed E-state index contributed by atoms with van der Waals surface area (Å²) in [6.07, 6.45) is 1.76. The predicted molar refractivity (Wildman–Crippen MR) is 53.7 cm³/mol. The van der Waals surface area contributed by atoms with Crippen molar-refractivity contribution in [1.29, 1.82) is 5.26 Å². The summed E-state index contributed by atoms with van der Waals surface area (Å²) in [5.74, 6) is -0.330. The van der Waals surface area contributed by atoms with E-state index in [9.17, 15) is 9.90 Å². The lowest BCUT2D eigenvalue weighted by molar-refractivity contribution is -0.157. The van der Waals surface area contributed by atoms with Crippen molar-refractivity contribution in [2.75, 3.05) is 7.11 Å². The smallest absolute Gasteiger partial charge is 0.336 e. The van der Waals surface area contributed by atoms with Crippen molar-refractivity contribution in [1.82, 2.24) is 0 Å². The first-order valence-corrected chi connectivity index (χ1v) is 5.23. The molecule has 84 valence electrons. The van der Waals surface area contributed by atoms with Gasteiger partial charge in [0.05, 0.1) is 18.6 Å². The van der Waals surface area contributed by atoms with Crippen LogP contribution in [-0.4, -0.2) is 24.3 Å². The second-order valence-electron chi connectivity index (χ2n) is 4.40. The number of hydrogen-bond donors (Lipinski definition) is 1. The number of hydrogen-bond acceptors (Lipinski definition) is 4. The summed E-state index contributed by atoms with van der Waals surface area (Å²) < 4.78 is 4.49. The molecule has 0 amide bonds. The summed E-state index contributed by atoms with van der Waals surface area (Å²) in [4.78, 5) is 11.3. The fourth-order valence-electron chi connectivity index (χ4n) is 2.34. The van der Waals surface area contributed by atoms with Crippen LogP contribution in [-0.2, 0) is 9.53 Å². The van der Waals surface area contributed by atoms with Crippen molar-refractivity contribution in [2.45, 2.75) is 38.7 Å². The molecule has 0 radical (unpaired) electrons. The number of nitrogens with zero attached hydrogens (tertiary/aromatic N) is 1. The van der Waals surface area contributed by atoms with Crippen molar-refractivity contribution < 1.29 is 14.6 Å². The van der Waals surface area contributed by atoms with Gasteiger partial charge in [0, 0.05) is 0 Å². The quantitative estimate of drug-likeness (QED) is 0.697. The Kier molecular flexibility index (Phi) is 3.70. The molecule has 3 unspecified atom stereocenters. The molecule has 0 aromatic heterocycles. The van der Waals surface area contributed by atoms with Gasteiger partial charge in [-0.25, -0.2) is 4.79 Å². The average molecular weight is 211 g/mol. The first-order chi connectivity index (χ1) is 7.05. The normalized spacial score (nSPS) is 32.8. The van der Waals surface area contributed by atoms with Crippen LogP contribution in [0.2, 0.25) is 0 Å². The molecule has 0 spiro atoms. The molecule has 3 atom stereocenters. The van der Waals surface area contributed by atoms with Crippen LogP contribution in [0.1, 0.15) is 32.6 Å². The van der Waals surface area contributed by atoms with Crippen LogP contribution in [0.4, 0.5) is 0 Å². The molecule has 1 aliphatic rings. The number of methoxy groups -OCH3 is 1. The Morgan fingerprint density at radius 2 is 2.40 bits per heavy atom. The van der Waals surface area contributed by atoms with Gasteiger partial charge in [0.15, 0.2) is 6.10 Å². The zero-order valence-corrected chi connectivity index (χ0v) is 9.19. The largest absolute Gasteiger partial charge is 0.467 e. The average Bonchev–Trinajstić information content (AvgIpc) is 2.26. The monoisotopic (exact) mass is 211 g/mol. The molecule has 1 saturated carbocycles. The molecule has 0 saturated heterocycles. The molecule has 0 aliphatic heterocycles. The number of carbonyl (C=O) groups is 1. The molecule has 1 aliphatic carbocycles. The van der Waals surface area contributed by atoms with Crippen molar-refractivity contribution in [2.24, 2.45) is 11.3 Å². The van der Waals surface area contributed by atoms with Crippen LogP contribution in [0, 0.1) is 22.7 Å². The highest BCUT2D eigenvalue weighted by atomic mass is 16.5. The molecule has 1 rings (SSSR count). The van der Waals surface area contributed by atoms with Gasteiger partial charge in [-0.05, 0) is 18.8 Å². The highest BCUT2D eigenvalue weighted by Gasteiger charge is 2.45. The highest BCUT2D eigenvalue weighted by Crippen LogP contribution is 2.41. The van der Waals surface area contributed by atoms with E-state index >= 15 is 0 Å². The van der Waals surface area contributed by atoms with Gasteiger partial charge in [0.25, 0.3) is 0 Å². The topological polar surface area (TPSA) is 70.3 Å².